The fraction of sp³-hybridized carbons (Fsp3) is 0.556. The quantitative estimate of drug-likeness (QED) is 0.833. The van der Waals surface area contributed by atoms with Crippen molar-refractivity contribution in [3.8, 4) is 0 Å². The second-order valence-corrected chi connectivity index (χ2v) is 7.07. The summed E-state index contributed by atoms with van der Waals surface area (Å²) in [5, 5.41) is 5.00. The van der Waals surface area contributed by atoms with Gasteiger partial charge in [-0.15, -0.1) is 0 Å². The van der Waals surface area contributed by atoms with Gasteiger partial charge in [-0.2, -0.15) is 0 Å². The standard InChI is InChI=1S/C18H23N3O3/c1-23-9-8-20-7-6-18(11-20)12-21(13-18)17(22)10-15-14-4-2-3-5-16(14)24-19-15/h2-5H,6-13H2,1H3. The number of carbonyl (C=O) groups is 1. The molecule has 0 unspecified atom stereocenters. The summed E-state index contributed by atoms with van der Waals surface area (Å²) in [4.78, 5) is 16.9. The van der Waals surface area contributed by atoms with Gasteiger partial charge in [0.25, 0.3) is 0 Å². The van der Waals surface area contributed by atoms with Crippen LogP contribution in [0.2, 0.25) is 0 Å². The summed E-state index contributed by atoms with van der Waals surface area (Å²) < 4.78 is 10.4. The van der Waals surface area contributed by atoms with Gasteiger partial charge >= 0.3 is 0 Å². The van der Waals surface area contributed by atoms with Crippen LogP contribution >= 0.6 is 0 Å². The van der Waals surface area contributed by atoms with Gasteiger partial charge in [-0.3, -0.25) is 4.79 Å². The topological polar surface area (TPSA) is 58.8 Å². The van der Waals surface area contributed by atoms with E-state index in [0.717, 1.165) is 56.0 Å². The van der Waals surface area contributed by atoms with Crippen LogP contribution in [0.4, 0.5) is 0 Å². The minimum atomic E-state index is 0.148. The number of carbonyl (C=O) groups excluding carboxylic acids is 1. The molecule has 24 heavy (non-hydrogen) atoms. The number of rotatable bonds is 5. The summed E-state index contributed by atoms with van der Waals surface area (Å²) >= 11 is 0. The molecule has 0 radical (unpaired) electrons. The van der Waals surface area contributed by atoms with E-state index in [1.54, 1.807) is 7.11 Å². The minimum absolute atomic E-state index is 0.148. The van der Waals surface area contributed by atoms with Crippen LogP contribution in [-0.2, 0) is 16.0 Å². The van der Waals surface area contributed by atoms with Gasteiger partial charge < -0.3 is 19.1 Å². The van der Waals surface area contributed by atoms with E-state index >= 15 is 0 Å². The van der Waals surface area contributed by atoms with Crippen molar-refractivity contribution < 1.29 is 14.1 Å². The Kier molecular flexibility index (Phi) is 4.02. The average Bonchev–Trinajstić information content (AvgIpc) is 3.16. The van der Waals surface area contributed by atoms with Crippen molar-refractivity contribution >= 4 is 16.9 Å². The van der Waals surface area contributed by atoms with Gasteiger partial charge in [0.05, 0.1) is 13.0 Å². The summed E-state index contributed by atoms with van der Waals surface area (Å²) in [5.41, 5.74) is 1.78. The van der Waals surface area contributed by atoms with E-state index in [0.29, 0.717) is 11.8 Å². The third-order valence-corrected chi connectivity index (χ3v) is 5.31. The van der Waals surface area contributed by atoms with Gasteiger partial charge in [0.1, 0.15) is 5.69 Å². The van der Waals surface area contributed by atoms with Crippen molar-refractivity contribution in [2.45, 2.75) is 12.8 Å². The summed E-state index contributed by atoms with van der Waals surface area (Å²) in [6.07, 6.45) is 1.49. The van der Waals surface area contributed by atoms with Crippen LogP contribution in [0.1, 0.15) is 12.1 Å². The number of fused-ring (bicyclic) bond motifs is 1. The number of hydrogen-bond acceptors (Lipinski definition) is 5. The second-order valence-electron chi connectivity index (χ2n) is 7.07. The Morgan fingerprint density at radius 3 is 3.00 bits per heavy atom. The normalized spacial score (nSPS) is 20.0. The predicted molar refractivity (Wildman–Crippen MR) is 89.7 cm³/mol. The van der Waals surface area contributed by atoms with E-state index in [2.05, 4.69) is 10.1 Å². The Bertz CT molecular complexity index is 736. The molecule has 3 heterocycles. The third kappa shape index (κ3) is 2.80. The molecule has 2 saturated heterocycles. The molecule has 0 saturated carbocycles. The van der Waals surface area contributed by atoms with E-state index in [4.69, 9.17) is 9.26 Å². The highest BCUT2D eigenvalue weighted by Crippen LogP contribution is 2.39. The van der Waals surface area contributed by atoms with Crippen molar-refractivity contribution in [1.29, 1.82) is 0 Å². The van der Waals surface area contributed by atoms with Crippen LogP contribution in [0.3, 0.4) is 0 Å². The van der Waals surface area contributed by atoms with Gasteiger partial charge in [-0.25, -0.2) is 0 Å². The van der Waals surface area contributed by atoms with Crippen LogP contribution in [0.5, 0.6) is 0 Å². The fourth-order valence-electron chi connectivity index (χ4n) is 3.96. The fourth-order valence-corrected chi connectivity index (χ4v) is 3.96. The van der Waals surface area contributed by atoms with E-state index < -0.39 is 0 Å². The monoisotopic (exact) mass is 329 g/mol. The largest absolute Gasteiger partial charge is 0.383 e. The lowest BCUT2D eigenvalue weighted by atomic mass is 9.79. The smallest absolute Gasteiger partial charge is 0.228 e. The molecule has 2 aliphatic rings. The Hall–Kier alpha value is -1.92. The SMILES string of the molecule is COCCN1CCC2(C1)CN(C(=O)Cc1noc3ccccc13)C2. The van der Waals surface area contributed by atoms with Crippen molar-refractivity contribution in [2.24, 2.45) is 5.41 Å². The van der Waals surface area contributed by atoms with E-state index in [1.165, 1.54) is 6.42 Å². The molecule has 2 aromatic rings. The van der Waals surface area contributed by atoms with E-state index in [9.17, 15) is 4.79 Å². The van der Waals surface area contributed by atoms with Crippen LogP contribution in [0.15, 0.2) is 28.8 Å². The summed E-state index contributed by atoms with van der Waals surface area (Å²) in [6.45, 7) is 5.68. The Morgan fingerprint density at radius 2 is 2.17 bits per heavy atom. The molecule has 6 nitrogen and oxygen atoms in total. The highest BCUT2D eigenvalue weighted by Gasteiger charge is 2.48. The number of para-hydroxylation sites is 1. The van der Waals surface area contributed by atoms with Gasteiger partial charge in [-0.1, -0.05) is 17.3 Å². The molecule has 1 amide bonds. The van der Waals surface area contributed by atoms with Crippen molar-refractivity contribution in [2.75, 3.05) is 46.4 Å². The minimum Gasteiger partial charge on any atom is -0.383 e. The molecule has 2 aliphatic heterocycles. The van der Waals surface area contributed by atoms with Gasteiger partial charge in [-0.05, 0) is 25.1 Å². The lowest BCUT2D eigenvalue weighted by molar-refractivity contribution is -0.142. The van der Waals surface area contributed by atoms with E-state index in [1.807, 2.05) is 29.2 Å². The zero-order chi connectivity index (χ0) is 16.6. The summed E-state index contributed by atoms with van der Waals surface area (Å²) in [7, 11) is 1.74. The molecule has 6 heteroatoms. The molecular weight excluding hydrogens is 306 g/mol. The maximum atomic E-state index is 12.5. The first-order valence-corrected chi connectivity index (χ1v) is 8.51. The number of ether oxygens (including phenoxy) is 1. The molecule has 1 aromatic heterocycles. The molecule has 2 fully saturated rings. The van der Waals surface area contributed by atoms with Gasteiger partial charge in [0.2, 0.25) is 5.91 Å². The van der Waals surface area contributed by atoms with Gasteiger partial charge in [0.15, 0.2) is 5.58 Å². The lowest BCUT2D eigenvalue weighted by Gasteiger charge is -2.48. The highest BCUT2D eigenvalue weighted by atomic mass is 16.5. The molecule has 0 bridgehead atoms. The highest BCUT2D eigenvalue weighted by molar-refractivity contribution is 5.86. The van der Waals surface area contributed by atoms with Crippen LogP contribution < -0.4 is 0 Å². The number of benzene rings is 1. The zero-order valence-electron chi connectivity index (χ0n) is 14.0. The number of methoxy groups -OCH3 is 1. The Balaban J connectivity index is 1.33. The first-order chi connectivity index (χ1) is 11.7. The Labute approximate surface area is 141 Å². The molecule has 1 spiro atoms. The molecule has 4 rings (SSSR count). The van der Waals surface area contributed by atoms with Crippen molar-refractivity contribution in [3.63, 3.8) is 0 Å². The van der Waals surface area contributed by atoms with Crippen molar-refractivity contribution in [1.82, 2.24) is 15.0 Å². The van der Waals surface area contributed by atoms with Crippen molar-refractivity contribution in [3.05, 3.63) is 30.0 Å². The molecule has 0 aliphatic carbocycles. The van der Waals surface area contributed by atoms with E-state index in [-0.39, 0.29) is 5.91 Å². The first kappa shape index (κ1) is 15.6. The lowest BCUT2D eigenvalue weighted by Crippen LogP contribution is -2.59. The molecule has 0 N–H and O–H groups in total. The molecule has 128 valence electrons. The number of aromatic nitrogens is 1. The number of hydrogen-bond donors (Lipinski definition) is 0. The number of nitrogens with zero attached hydrogens (tertiary/aromatic N) is 3. The zero-order valence-corrected chi connectivity index (χ0v) is 14.0. The van der Waals surface area contributed by atoms with Gasteiger partial charge in [0, 0.05) is 44.1 Å². The number of amides is 1. The summed E-state index contributed by atoms with van der Waals surface area (Å²) in [6, 6.07) is 7.69. The Morgan fingerprint density at radius 1 is 1.33 bits per heavy atom. The van der Waals surface area contributed by atoms with Crippen LogP contribution in [-0.4, -0.2) is 67.3 Å². The maximum Gasteiger partial charge on any atom is 0.228 e. The molecule has 1 aromatic carbocycles. The first-order valence-electron chi connectivity index (χ1n) is 8.51. The third-order valence-electron chi connectivity index (χ3n) is 5.31. The van der Waals surface area contributed by atoms with Crippen LogP contribution in [0.25, 0.3) is 11.0 Å². The second kappa shape index (κ2) is 6.18. The summed E-state index contributed by atoms with van der Waals surface area (Å²) in [5.74, 6) is 0.148. The molecular formula is C18H23N3O3. The number of likely N-dealkylation sites (tertiary alicyclic amines) is 2. The predicted octanol–water partition coefficient (Wildman–Crippen LogP) is 1.55. The van der Waals surface area contributed by atoms with Crippen LogP contribution in [0, 0.1) is 5.41 Å². The molecule has 0 atom stereocenters. The average molecular weight is 329 g/mol. The maximum absolute atomic E-state index is 12.5.